The third-order valence-corrected chi connectivity index (χ3v) is 5.81. The van der Waals surface area contributed by atoms with E-state index in [4.69, 9.17) is 4.99 Å². The zero-order valence-corrected chi connectivity index (χ0v) is 12.7. The highest BCUT2D eigenvalue weighted by Gasteiger charge is 2.36. The smallest absolute Gasteiger partial charge is 0.161 e. The van der Waals surface area contributed by atoms with E-state index in [1.54, 1.807) is 0 Å². The van der Waals surface area contributed by atoms with Crippen LogP contribution in [-0.4, -0.2) is 17.5 Å². The lowest BCUT2D eigenvalue weighted by atomic mass is 9.89. The summed E-state index contributed by atoms with van der Waals surface area (Å²) in [6.45, 7) is 1.01. The Morgan fingerprint density at radius 3 is 2.67 bits per heavy atom. The molecule has 2 nitrogen and oxygen atoms in total. The van der Waals surface area contributed by atoms with Crippen LogP contribution in [0, 0.1) is 5.41 Å². The Hall–Kier alpha value is -0.480. The number of benzene rings is 1. The van der Waals surface area contributed by atoms with Gasteiger partial charge in [-0.2, -0.15) is 0 Å². The second-order valence-electron chi connectivity index (χ2n) is 5.22. The predicted molar refractivity (Wildman–Crippen MR) is 83.4 cm³/mol. The standard InChI is InChI=1S/C14H17BrN2S/c15-11-5-1-2-6-12(11)17-13-16-9-14(10-18-13)7-3-4-8-14/h1-2,5-6H,3-4,7-10H2,(H,16,17). The lowest BCUT2D eigenvalue weighted by molar-refractivity contribution is 0.359. The van der Waals surface area contributed by atoms with Gasteiger partial charge in [-0.3, -0.25) is 4.99 Å². The monoisotopic (exact) mass is 324 g/mol. The van der Waals surface area contributed by atoms with Gasteiger partial charge in [-0.05, 0) is 46.3 Å². The van der Waals surface area contributed by atoms with E-state index in [1.807, 2.05) is 23.9 Å². The van der Waals surface area contributed by atoms with Crippen molar-refractivity contribution in [3.63, 3.8) is 0 Å². The second-order valence-corrected chi connectivity index (χ2v) is 7.04. The fourth-order valence-corrected chi connectivity index (χ4v) is 4.28. The zero-order chi connectivity index (χ0) is 12.4. The molecule has 1 aliphatic heterocycles. The summed E-state index contributed by atoms with van der Waals surface area (Å²) < 4.78 is 1.09. The molecule has 4 heteroatoms. The maximum atomic E-state index is 4.75. The predicted octanol–water partition coefficient (Wildman–Crippen LogP) is 4.52. The van der Waals surface area contributed by atoms with Gasteiger partial charge in [0.15, 0.2) is 5.17 Å². The summed E-state index contributed by atoms with van der Waals surface area (Å²) in [6.07, 6.45) is 5.52. The summed E-state index contributed by atoms with van der Waals surface area (Å²) in [5, 5.41) is 4.49. The van der Waals surface area contributed by atoms with E-state index in [1.165, 1.54) is 31.4 Å². The van der Waals surface area contributed by atoms with E-state index in [-0.39, 0.29) is 0 Å². The average Bonchev–Trinajstić information content (AvgIpc) is 2.84. The maximum Gasteiger partial charge on any atom is 0.161 e. The van der Waals surface area contributed by atoms with E-state index in [2.05, 4.69) is 33.4 Å². The molecule has 2 aliphatic rings. The molecular weight excluding hydrogens is 308 g/mol. The van der Waals surface area contributed by atoms with Crippen LogP contribution in [0.3, 0.4) is 0 Å². The van der Waals surface area contributed by atoms with Gasteiger partial charge >= 0.3 is 0 Å². The molecule has 0 bridgehead atoms. The van der Waals surface area contributed by atoms with Crippen molar-refractivity contribution < 1.29 is 0 Å². The normalized spacial score (nSPS) is 21.9. The highest BCUT2D eigenvalue weighted by Crippen LogP contribution is 2.43. The van der Waals surface area contributed by atoms with Gasteiger partial charge in [0.05, 0.1) is 5.69 Å². The number of nitrogens with zero attached hydrogens (tertiary/aromatic N) is 1. The molecule has 18 heavy (non-hydrogen) atoms. The van der Waals surface area contributed by atoms with Crippen LogP contribution in [0.2, 0.25) is 0 Å². The summed E-state index contributed by atoms with van der Waals surface area (Å²) in [5.74, 6) is 1.23. The Kier molecular flexibility index (Phi) is 3.66. The van der Waals surface area contributed by atoms with Crippen LogP contribution < -0.4 is 5.32 Å². The molecule has 0 aromatic heterocycles. The molecule has 1 spiro atoms. The first kappa shape index (κ1) is 12.5. The molecule has 3 rings (SSSR count). The molecule has 1 N–H and O–H groups in total. The van der Waals surface area contributed by atoms with Crippen molar-refractivity contribution >= 4 is 38.5 Å². The fourth-order valence-electron chi connectivity index (χ4n) is 2.73. The third-order valence-electron chi connectivity index (χ3n) is 3.85. The molecule has 96 valence electrons. The van der Waals surface area contributed by atoms with Gasteiger partial charge in [0.1, 0.15) is 0 Å². The van der Waals surface area contributed by atoms with E-state index in [0.29, 0.717) is 5.41 Å². The van der Waals surface area contributed by atoms with E-state index >= 15 is 0 Å². The van der Waals surface area contributed by atoms with Crippen LogP contribution in [0.5, 0.6) is 0 Å². The third kappa shape index (κ3) is 2.59. The summed E-state index contributed by atoms with van der Waals surface area (Å²) in [5.41, 5.74) is 1.62. The van der Waals surface area contributed by atoms with Crippen LogP contribution in [0.4, 0.5) is 5.69 Å². The Morgan fingerprint density at radius 1 is 1.22 bits per heavy atom. The maximum absolute atomic E-state index is 4.75. The van der Waals surface area contributed by atoms with Gasteiger partial charge in [-0.15, -0.1) is 0 Å². The molecule has 1 saturated carbocycles. The van der Waals surface area contributed by atoms with Crippen molar-refractivity contribution in [2.75, 3.05) is 17.6 Å². The first-order chi connectivity index (χ1) is 8.77. The molecule has 0 saturated heterocycles. The van der Waals surface area contributed by atoms with Crippen molar-refractivity contribution in [2.45, 2.75) is 25.7 Å². The van der Waals surface area contributed by atoms with Gasteiger partial charge in [0.2, 0.25) is 0 Å². The first-order valence-electron chi connectivity index (χ1n) is 6.46. The van der Waals surface area contributed by atoms with Gasteiger partial charge in [0.25, 0.3) is 0 Å². The number of halogens is 1. The van der Waals surface area contributed by atoms with Gasteiger partial charge < -0.3 is 5.32 Å². The number of rotatable bonds is 1. The summed E-state index contributed by atoms with van der Waals surface area (Å²) in [6, 6.07) is 8.19. The van der Waals surface area contributed by atoms with Crippen molar-refractivity contribution in [2.24, 2.45) is 10.4 Å². The lowest BCUT2D eigenvalue weighted by Gasteiger charge is -2.31. The Morgan fingerprint density at radius 2 is 2.00 bits per heavy atom. The second kappa shape index (κ2) is 5.25. The number of hydrogen-bond acceptors (Lipinski definition) is 3. The number of nitrogens with one attached hydrogen (secondary N) is 1. The van der Waals surface area contributed by atoms with Crippen LogP contribution >= 0.6 is 27.7 Å². The highest BCUT2D eigenvalue weighted by atomic mass is 79.9. The Bertz CT molecular complexity index is 467. The molecule has 1 aromatic rings. The van der Waals surface area contributed by atoms with E-state index in [9.17, 15) is 0 Å². The zero-order valence-electron chi connectivity index (χ0n) is 10.3. The summed E-state index contributed by atoms with van der Waals surface area (Å²) in [4.78, 5) is 4.75. The minimum atomic E-state index is 0.518. The molecule has 0 radical (unpaired) electrons. The van der Waals surface area contributed by atoms with Crippen LogP contribution in [0.15, 0.2) is 33.7 Å². The Balaban J connectivity index is 1.68. The molecule has 1 aromatic carbocycles. The minimum Gasteiger partial charge on any atom is -0.334 e. The van der Waals surface area contributed by atoms with Gasteiger partial charge in [0, 0.05) is 16.8 Å². The number of amidine groups is 1. The summed E-state index contributed by atoms with van der Waals surface area (Å²) in [7, 11) is 0. The summed E-state index contributed by atoms with van der Waals surface area (Å²) >= 11 is 5.44. The molecule has 0 amide bonds. The number of para-hydroxylation sites is 1. The number of hydrogen-bond donors (Lipinski definition) is 1. The SMILES string of the molecule is Brc1ccccc1NC1=NCC2(CCCC2)CS1. The van der Waals surface area contributed by atoms with Gasteiger partial charge in [-0.1, -0.05) is 36.7 Å². The molecule has 0 unspecified atom stereocenters. The molecule has 1 fully saturated rings. The van der Waals surface area contributed by atoms with Crippen LogP contribution in [-0.2, 0) is 0 Å². The van der Waals surface area contributed by atoms with Crippen molar-refractivity contribution in [1.82, 2.24) is 0 Å². The minimum absolute atomic E-state index is 0.518. The lowest BCUT2D eigenvalue weighted by Crippen LogP contribution is -2.30. The fraction of sp³-hybridized carbons (Fsp3) is 0.500. The molecular formula is C14H17BrN2S. The van der Waals surface area contributed by atoms with E-state index in [0.717, 1.165) is 21.9 Å². The van der Waals surface area contributed by atoms with Gasteiger partial charge in [-0.25, -0.2) is 0 Å². The number of anilines is 1. The average molecular weight is 325 g/mol. The van der Waals surface area contributed by atoms with Crippen LogP contribution in [0.1, 0.15) is 25.7 Å². The molecule has 1 aliphatic carbocycles. The first-order valence-corrected chi connectivity index (χ1v) is 8.24. The van der Waals surface area contributed by atoms with Crippen LogP contribution in [0.25, 0.3) is 0 Å². The highest BCUT2D eigenvalue weighted by molar-refractivity contribution is 9.10. The molecule has 1 heterocycles. The number of aliphatic imine (C=N–C) groups is 1. The number of thioether (sulfide) groups is 1. The molecule has 0 atom stereocenters. The van der Waals surface area contributed by atoms with Crippen molar-refractivity contribution in [3.8, 4) is 0 Å². The topological polar surface area (TPSA) is 24.4 Å². The Labute approximate surface area is 121 Å². The van der Waals surface area contributed by atoms with Crippen molar-refractivity contribution in [1.29, 1.82) is 0 Å². The van der Waals surface area contributed by atoms with Crippen molar-refractivity contribution in [3.05, 3.63) is 28.7 Å². The quantitative estimate of drug-likeness (QED) is 0.821. The van der Waals surface area contributed by atoms with E-state index < -0.39 is 0 Å². The largest absolute Gasteiger partial charge is 0.334 e.